The highest BCUT2D eigenvalue weighted by Crippen LogP contribution is 2.33. The average molecular weight is 263 g/mol. The molecule has 0 saturated heterocycles. The summed E-state index contributed by atoms with van der Waals surface area (Å²) in [7, 11) is 1.60. The summed E-state index contributed by atoms with van der Waals surface area (Å²) in [6.07, 6.45) is 4.75. The third kappa shape index (κ3) is 3.19. The van der Waals surface area contributed by atoms with Gasteiger partial charge in [-0.25, -0.2) is 4.79 Å². The van der Waals surface area contributed by atoms with Crippen LogP contribution in [-0.2, 0) is 0 Å². The Morgan fingerprint density at radius 3 is 2.84 bits per heavy atom. The van der Waals surface area contributed by atoms with E-state index in [1.165, 1.54) is 12.8 Å². The van der Waals surface area contributed by atoms with Gasteiger partial charge in [0.05, 0.1) is 18.4 Å². The number of carboxylic acids is 1. The van der Waals surface area contributed by atoms with E-state index in [1.54, 1.807) is 25.3 Å². The predicted molar refractivity (Wildman–Crippen MR) is 75.0 cm³/mol. The quantitative estimate of drug-likeness (QED) is 0.855. The van der Waals surface area contributed by atoms with Crippen molar-refractivity contribution in [3.8, 4) is 5.75 Å². The molecule has 19 heavy (non-hydrogen) atoms. The Kier molecular flexibility index (Phi) is 4.30. The zero-order chi connectivity index (χ0) is 13.8. The molecule has 4 nitrogen and oxygen atoms in total. The Bertz CT molecular complexity index is 459. The second kappa shape index (κ2) is 5.95. The van der Waals surface area contributed by atoms with E-state index >= 15 is 0 Å². The zero-order valence-corrected chi connectivity index (χ0v) is 11.5. The Morgan fingerprint density at radius 1 is 1.47 bits per heavy atom. The number of carbonyl (C=O) groups is 1. The third-order valence-corrected chi connectivity index (χ3v) is 3.92. The molecule has 0 heterocycles. The molecule has 1 aromatic rings. The fourth-order valence-electron chi connectivity index (χ4n) is 2.75. The van der Waals surface area contributed by atoms with Crippen LogP contribution in [0.5, 0.6) is 5.75 Å². The van der Waals surface area contributed by atoms with Gasteiger partial charge >= 0.3 is 5.97 Å². The molecule has 104 valence electrons. The molecule has 2 atom stereocenters. The predicted octanol–water partition coefficient (Wildman–Crippen LogP) is 3.38. The van der Waals surface area contributed by atoms with Gasteiger partial charge in [0.2, 0.25) is 0 Å². The highest BCUT2D eigenvalue weighted by atomic mass is 16.5. The summed E-state index contributed by atoms with van der Waals surface area (Å²) in [5, 5.41) is 12.5. The number of benzene rings is 1. The minimum atomic E-state index is -0.913. The number of hydrogen-bond donors (Lipinski definition) is 2. The van der Waals surface area contributed by atoms with Gasteiger partial charge in [-0.3, -0.25) is 0 Å². The highest BCUT2D eigenvalue weighted by molar-refractivity contribution is 5.89. The van der Waals surface area contributed by atoms with Gasteiger partial charge in [-0.05, 0) is 43.4 Å². The van der Waals surface area contributed by atoms with Crippen molar-refractivity contribution in [1.29, 1.82) is 0 Å². The van der Waals surface area contributed by atoms with Crippen LogP contribution in [0.15, 0.2) is 18.2 Å². The molecule has 0 spiro atoms. The first-order valence-electron chi connectivity index (χ1n) is 6.82. The molecule has 2 unspecified atom stereocenters. The maximum absolute atomic E-state index is 11.0. The van der Waals surface area contributed by atoms with Gasteiger partial charge in [0, 0.05) is 6.04 Å². The Balaban J connectivity index is 2.14. The number of ether oxygens (including phenoxy) is 1. The molecule has 0 aromatic heterocycles. The van der Waals surface area contributed by atoms with E-state index in [9.17, 15) is 4.79 Å². The van der Waals surface area contributed by atoms with E-state index in [2.05, 4.69) is 12.2 Å². The number of methoxy groups -OCH3 is 1. The summed E-state index contributed by atoms with van der Waals surface area (Å²) in [4.78, 5) is 11.0. The van der Waals surface area contributed by atoms with Gasteiger partial charge in [-0.2, -0.15) is 0 Å². The maximum Gasteiger partial charge on any atom is 0.335 e. The van der Waals surface area contributed by atoms with Crippen LogP contribution in [0.25, 0.3) is 0 Å². The number of carboxylic acid groups (broad SMARTS) is 1. The summed E-state index contributed by atoms with van der Waals surface area (Å²) < 4.78 is 5.29. The second-order valence-corrected chi connectivity index (χ2v) is 5.15. The molecule has 1 fully saturated rings. The van der Waals surface area contributed by atoms with E-state index in [-0.39, 0.29) is 5.56 Å². The molecule has 0 aliphatic heterocycles. The monoisotopic (exact) mass is 263 g/mol. The van der Waals surface area contributed by atoms with Crippen LogP contribution in [0.3, 0.4) is 0 Å². The normalized spacial score (nSPS) is 22.2. The maximum atomic E-state index is 11.0. The molecule has 0 amide bonds. The van der Waals surface area contributed by atoms with Crippen LogP contribution >= 0.6 is 0 Å². The second-order valence-electron chi connectivity index (χ2n) is 5.15. The number of anilines is 1. The molecule has 4 heteroatoms. The minimum absolute atomic E-state index is 0.285. The van der Waals surface area contributed by atoms with Gasteiger partial charge in [-0.15, -0.1) is 0 Å². The van der Waals surface area contributed by atoms with Crippen LogP contribution in [0.1, 0.15) is 43.0 Å². The van der Waals surface area contributed by atoms with Gasteiger partial charge in [-0.1, -0.05) is 13.3 Å². The number of aromatic carboxylic acids is 1. The summed E-state index contributed by atoms with van der Waals surface area (Å²) >= 11 is 0. The smallest absolute Gasteiger partial charge is 0.335 e. The van der Waals surface area contributed by atoms with Crippen molar-refractivity contribution in [3.63, 3.8) is 0 Å². The van der Waals surface area contributed by atoms with E-state index in [0.29, 0.717) is 11.8 Å². The van der Waals surface area contributed by atoms with Crippen molar-refractivity contribution in [2.45, 2.75) is 38.6 Å². The van der Waals surface area contributed by atoms with Crippen molar-refractivity contribution in [2.75, 3.05) is 12.4 Å². The highest BCUT2D eigenvalue weighted by Gasteiger charge is 2.24. The lowest BCUT2D eigenvalue weighted by molar-refractivity contribution is 0.0697. The zero-order valence-electron chi connectivity index (χ0n) is 11.5. The standard InChI is InChI=1S/C15H21NO3/c1-3-10-4-6-12(8-10)16-13-9-11(15(17)18)5-7-14(13)19-2/h5,7,9-10,12,16H,3-4,6,8H2,1-2H3,(H,17,18). The molecule has 2 N–H and O–H groups in total. The van der Waals surface area contributed by atoms with E-state index in [1.807, 2.05) is 0 Å². The van der Waals surface area contributed by atoms with Crippen LogP contribution < -0.4 is 10.1 Å². The van der Waals surface area contributed by atoms with Gasteiger partial charge in [0.25, 0.3) is 0 Å². The van der Waals surface area contributed by atoms with Crippen LogP contribution in [0, 0.1) is 5.92 Å². The largest absolute Gasteiger partial charge is 0.495 e. The van der Waals surface area contributed by atoms with E-state index in [0.717, 1.165) is 24.4 Å². The fourth-order valence-corrected chi connectivity index (χ4v) is 2.75. The van der Waals surface area contributed by atoms with Gasteiger partial charge < -0.3 is 15.2 Å². The lowest BCUT2D eigenvalue weighted by atomic mass is 10.1. The Morgan fingerprint density at radius 2 is 2.26 bits per heavy atom. The summed E-state index contributed by atoms with van der Waals surface area (Å²) in [5.74, 6) is 0.569. The third-order valence-electron chi connectivity index (χ3n) is 3.92. The van der Waals surface area contributed by atoms with Crippen molar-refractivity contribution >= 4 is 11.7 Å². The van der Waals surface area contributed by atoms with E-state index in [4.69, 9.17) is 9.84 Å². The van der Waals surface area contributed by atoms with Crippen molar-refractivity contribution in [1.82, 2.24) is 0 Å². The first-order chi connectivity index (χ1) is 9.13. The number of rotatable bonds is 5. The van der Waals surface area contributed by atoms with E-state index < -0.39 is 5.97 Å². The van der Waals surface area contributed by atoms with Gasteiger partial charge in [0.15, 0.2) is 0 Å². The molecule has 1 saturated carbocycles. The molecule has 1 aliphatic carbocycles. The Labute approximate surface area is 113 Å². The van der Waals surface area contributed by atoms with Crippen LogP contribution in [0.2, 0.25) is 0 Å². The average Bonchev–Trinajstić information content (AvgIpc) is 2.86. The summed E-state index contributed by atoms with van der Waals surface area (Å²) in [5.41, 5.74) is 1.07. The molecular weight excluding hydrogens is 242 g/mol. The molecule has 2 rings (SSSR count). The SMILES string of the molecule is CCC1CCC(Nc2cc(C(=O)O)ccc2OC)C1. The van der Waals surface area contributed by atoms with Gasteiger partial charge in [0.1, 0.15) is 5.75 Å². The number of hydrogen-bond acceptors (Lipinski definition) is 3. The molecular formula is C15H21NO3. The summed E-state index contributed by atoms with van der Waals surface area (Å²) in [6, 6.07) is 5.34. The lowest BCUT2D eigenvalue weighted by Crippen LogP contribution is -2.16. The Hall–Kier alpha value is -1.71. The van der Waals surface area contributed by atoms with Crippen molar-refractivity contribution < 1.29 is 14.6 Å². The summed E-state index contributed by atoms with van der Waals surface area (Å²) in [6.45, 7) is 2.22. The van der Waals surface area contributed by atoms with Crippen molar-refractivity contribution in [2.24, 2.45) is 5.92 Å². The molecule has 1 aromatic carbocycles. The fraction of sp³-hybridized carbons (Fsp3) is 0.533. The van der Waals surface area contributed by atoms with Crippen LogP contribution in [0.4, 0.5) is 5.69 Å². The van der Waals surface area contributed by atoms with Crippen molar-refractivity contribution in [3.05, 3.63) is 23.8 Å². The minimum Gasteiger partial charge on any atom is -0.495 e. The lowest BCUT2D eigenvalue weighted by Gasteiger charge is -2.17. The first-order valence-corrected chi connectivity index (χ1v) is 6.82. The topological polar surface area (TPSA) is 58.6 Å². The number of nitrogens with one attached hydrogen (secondary N) is 1. The van der Waals surface area contributed by atoms with Crippen LogP contribution in [-0.4, -0.2) is 24.2 Å². The molecule has 0 bridgehead atoms. The molecule has 1 aliphatic rings. The molecule has 0 radical (unpaired) electrons. The first kappa shape index (κ1) is 13.7.